The summed E-state index contributed by atoms with van der Waals surface area (Å²) in [6, 6.07) is 8.61. The standard InChI is InChI=1S/C18H30N2O/c1-7-17(13(3)4)19-18(21)15-9-11-16(12-10-15)20(8-2)14(5)6/h9-14,17H,7-8H2,1-6H3,(H,19,21). The van der Waals surface area contributed by atoms with E-state index in [2.05, 4.69) is 51.8 Å². The number of hydrogen-bond acceptors (Lipinski definition) is 2. The molecule has 118 valence electrons. The van der Waals surface area contributed by atoms with Crippen LogP contribution in [-0.2, 0) is 0 Å². The number of rotatable bonds is 7. The molecule has 21 heavy (non-hydrogen) atoms. The normalized spacial score (nSPS) is 12.6. The fourth-order valence-electron chi connectivity index (χ4n) is 2.64. The van der Waals surface area contributed by atoms with Crippen LogP contribution in [0.15, 0.2) is 24.3 Å². The molecule has 1 aromatic carbocycles. The van der Waals surface area contributed by atoms with Crippen LogP contribution in [0, 0.1) is 5.92 Å². The summed E-state index contributed by atoms with van der Waals surface area (Å²) in [4.78, 5) is 14.6. The summed E-state index contributed by atoms with van der Waals surface area (Å²) in [7, 11) is 0. The molecule has 1 rings (SSSR count). The molecule has 0 aliphatic heterocycles. The Hall–Kier alpha value is -1.51. The largest absolute Gasteiger partial charge is 0.369 e. The van der Waals surface area contributed by atoms with E-state index in [0.29, 0.717) is 12.0 Å². The molecule has 1 amide bonds. The molecule has 1 unspecified atom stereocenters. The summed E-state index contributed by atoms with van der Waals surface area (Å²) in [5, 5.41) is 3.12. The number of amides is 1. The van der Waals surface area contributed by atoms with E-state index in [0.717, 1.165) is 18.5 Å². The summed E-state index contributed by atoms with van der Waals surface area (Å²) in [5.74, 6) is 0.476. The first kappa shape index (κ1) is 17.5. The number of nitrogens with one attached hydrogen (secondary N) is 1. The molecule has 0 heterocycles. The van der Waals surface area contributed by atoms with Gasteiger partial charge in [-0.1, -0.05) is 20.8 Å². The van der Waals surface area contributed by atoms with Gasteiger partial charge >= 0.3 is 0 Å². The van der Waals surface area contributed by atoms with Crippen molar-refractivity contribution in [3.8, 4) is 0 Å². The minimum Gasteiger partial charge on any atom is -0.369 e. The van der Waals surface area contributed by atoms with Crippen LogP contribution < -0.4 is 10.2 Å². The second kappa shape index (κ2) is 8.06. The first-order valence-electron chi connectivity index (χ1n) is 8.08. The van der Waals surface area contributed by atoms with Crippen molar-refractivity contribution >= 4 is 11.6 Å². The second-order valence-electron chi connectivity index (χ2n) is 6.16. The maximum Gasteiger partial charge on any atom is 0.251 e. The second-order valence-corrected chi connectivity index (χ2v) is 6.16. The summed E-state index contributed by atoms with van der Waals surface area (Å²) >= 11 is 0. The minimum atomic E-state index is 0.0229. The molecule has 3 heteroatoms. The van der Waals surface area contributed by atoms with E-state index < -0.39 is 0 Å². The molecule has 0 aliphatic rings. The Kier molecular flexibility index (Phi) is 6.73. The Morgan fingerprint density at radius 2 is 1.67 bits per heavy atom. The van der Waals surface area contributed by atoms with Gasteiger partial charge in [-0.2, -0.15) is 0 Å². The third kappa shape index (κ3) is 4.76. The summed E-state index contributed by atoms with van der Waals surface area (Å²) in [6.45, 7) is 13.9. The highest BCUT2D eigenvalue weighted by Crippen LogP contribution is 2.18. The van der Waals surface area contributed by atoms with Crippen LogP contribution in [0.4, 0.5) is 5.69 Å². The predicted octanol–water partition coefficient (Wildman–Crippen LogP) is 4.09. The molecule has 0 saturated carbocycles. The topological polar surface area (TPSA) is 32.3 Å². The maximum absolute atomic E-state index is 12.3. The summed E-state index contributed by atoms with van der Waals surface area (Å²) in [6.07, 6.45) is 0.957. The number of benzene rings is 1. The lowest BCUT2D eigenvalue weighted by atomic mass is 10.0. The van der Waals surface area contributed by atoms with Crippen LogP contribution in [0.5, 0.6) is 0 Å². The Labute approximate surface area is 129 Å². The van der Waals surface area contributed by atoms with Crippen molar-refractivity contribution < 1.29 is 4.79 Å². The van der Waals surface area contributed by atoms with E-state index in [1.807, 2.05) is 24.3 Å². The Morgan fingerprint density at radius 3 is 2.05 bits per heavy atom. The van der Waals surface area contributed by atoms with Gasteiger partial charge in [-0.15, -0.1) is 0 Å². The van der Waals surface area contributed by atoms with Crippen LogP contribution in [0.25, 0.3) is 0 Å². The van der Waals surface area contributed by atoms with Gasteiger partial charge in [0.05, 0.1) is 0 Å². The van der Waals surface area contributed by atoms with Crippen molar-refractivity contribution in [3.63, 3.8) is 0 Å². The predicted molar refractivity (Wildman–Crippen MR) is 91.0 cm³/mol. The van der Waals surface area contributed by atoms with E-state index in [-0.39, 0.29) is 11.9 Å². The van der Waals surface area contributed by atoms with Crippen LogP contribution in [0.1, 0.15) is 58.3 Å². The minimum absolute atomic E-state index is 0.0229. The zero-order valence-electron chi connectivity index (χ0n) is 14.3. The summed E-state index contributed by atoms with van der Waals surface area (Å²) in [5.41, 5.74) is 1.90. The van der Waals surface area contributed by atoms with Gasteiger partial charge in [0.2, 0.25) is 0 Å². The molecule has 0 aromatic heterocycles. The van der Waals surface area contributed by atoms with E-state index in [1.165, 1.54) is 5.69 Å². The quantitative estimate of drug-likeness (QED) is 0.820. The van der Waals surface area contributed by atoms with E-state index in [9.17, 15) is 4.79 Å². The van der Waals surface area contributed by atoms with Gasteiger partial charge < -0.3 is 10.2 Å². The number of hydrogen-bond donors (Lipinski definition) is 1. The van der Waals surface area contributed by atoms with Gasteiger partial charge in [0.25, 0.3) is 5.91 Å². The highest BCUT2D eigenvalue weighted by molar-refractivity contribution is 5.94. The van der Waals surface area contributed by atoms with Crippen LogP contribution in [0.2, 0.25) is 0 Å². The zero-order chi connectivity index (χ0) is 16.0. The van der Waals surface area contributed by atoms with Crippen molar-refractivity contribution in [1.29, 1.82) is 0 Å². The molecule has 0 saturated heterocycles. The molecule has 3 nitrogen and oxygen atoms in total. The fourth-order valence-corrected chi connectivity index (χ4v) is 2.64. The SMILES string of the molecule is CCC(NC(=O)c1ccc(N(CC)C(C)C)cc1)C(C)C. The monoisotopic (exact) mass is 290 g/mol. The number of anilines is 1. The average Bonchev–Trinajstić information content (AvgIpc) is 2.45. The van der Waals surface area contributed by atoms with Crippen molar-refractivity contribution in [3.05, 3.63) is 29.8 Å². The van der Waals surface area contributed by atoms with Crippen LogP contribution in [-0.4, -0.2) is 24.5 Å². The molecule has 0 aliphatic carbocycles. The first-order chi connectivity index (χ1) is 9.90. The third-order valence-corrected chi connectivity index (χ3v) is 3.99. The molecule has 0 fully saturated rings. The number of carbonyl (C=O) groups is 1. The fraction of sp³-hybridized carbons (Fsp3) is 0.611. The molecule has 1 atom stereocenters. The van der Waals surface area contributed by atoms with Crippen LogP contribution >= 0.6 is 0 Å². The lowest BCUT2D eigenvalue weighted by molar-refractivity contribution is 0.0924. The van der Waals surface area contributed by atoms with Crippen molar-refractivity contribution in [2.45, 2.75) is 60.0 Å². The molecule has 0 bridgehead atoms. The number of nitrogens with zero attached hydrogens (tertiary/aromatic N) is 1. The van der Waals surface area contributed by atoms with Crippen molar-refractivity contribution in [1.82, 2.24) is 5.32 Å². The Balaban J connectivity index is 2.80. The van der Waals surface area contributed by atoms with Crippen LogP contribution in [0.3, 0.4) is 0 Å². The highest BCUT2D eigenvalue weighted by Gasteiger charge is 2.15. The lowest BCUT2D eigenvalue weighted by Gasteiger charge is -2.27. The first-order valence-corrected chi connectivity index (χ1v) is 8.08. The van der Waals surface area contributed by atoms with Gasteiger partial charge in [0.1, 0.15) is 0 Å². The van der Waals surface area contributed by atoms with E-state index >= 15 is 0 Å². The van der Waals surface area contributed by atoms with E-state index in [4.69, 9.17) is 0 Å². The third-order valence-electron chi connectivity index (χ3n) is 3.99. The smallest absolute Gasteiger partial charge is 0.251 e. The van der Waals surface area contributed by atoms with Crippen molar-refractivity contribution in [2.24, 2.45) is 5.92 Å². The van der Waals surface area contributed by atoms with E-state index in [1.54, 1.807) is 0 Å². The highest BCUT2D eigenvalue weighted by atomic mass is 16.1. The van der Waals surface area contributed by atoms with Gasteiger partial charge in [0.15, 0.2) is 0 Å². The van der Waals surface area contributed by atoms with Gasteiger partial charge in [-0.25, -0.2) is 0 Å². The van der Waals surface area contributed by atoms with Crippen molar-refractivity contribution in [2.75, 3.05) is 11.4 Å². The molecule has 1 aromatic rings. The molecule has 1 N–H and O–H groups in total. The Morgan fingerprint density at radius 1 is 1.10 bits per heavy atom. The average molecular weight is 290 g/mol. The maximum atomic E-state index is 12.3. The molecular weight excluding hydrogens is 260 g/mol. The zero-order valence-corrected chi connectivity index (χ0v) is 14.3. The van der Waals surface area contributed by atoms with Gasteiger partial charge in [-0.05, 0) is 57.4 Å². The number of carbonyl (C=O) groups excluding carboxylic acids is 1. The molecular formula is C18H30N2O. The lowest BCUT2D eigenvalue weighted by Crippen LogP contribution is -2.38. The molecule has 0 radical (unpaired) electrons. The van der Waals surface area contributed by atoms with Gasteiger partial charge in [-0.3, -0.25) is 4.79 Å². The Bertz CT molecular complexity index is 437. The van der Waals surface area contributed by atoms with Gasteiger partial charge in [0, 0.05) is 29.9 Å². The summed E-state index contributed by atoms with van der Waals surface area (Å²) < 4.78 is 0. The molecule has 0 spiro atoms.